The normalized spacial score (nSPS) is 20.4. The summed E-state index contributed by atoms with van der Waals surface area (Å²) >= 11 is 3.43. The molecule has 1 saturated heterocycles. The van der Waals surface area contributed by atoms with Crippen LogP contribution in [0.25, 0.3) is 0 Å². The fourth-order valence-corrected chi connectivity index (χ4v) is 2.45. The number of rotatable bonds is 3. The monoisotopic (exact) mass is 298 g/mol. The predicted octanol–water partition coefficient (Wildman–Crippen LogP) is 2.61. The van der Waals surface area contributed by atoms with Crippen LogP contribution in [0.3, 0.4) is 0 Å². The Morgan fingerprint density at radius 3 is 3.06 bits per heavy atom. The second-order valence-corrected chi connectivity index (χ2v) is 5.06. The van der Waals surface area contributed by atoms with Gasteiger partial charge in [0.05, 0.1) is 20.3 Å². The molecule has 0 amide bonds. The lowest BCUT2D eigenvalue weighted by molar-refractivity contribution is -0.130. The highest BCUT2D eigenvalue weighted by atomic mass is 79.9. The number of halogens is 1. The van der Waals surface area contributed by atoms with Crippen molar-refractivity contribution in [2.24, 2.45) is 5.92 Å². The summed E-state index contributed by atoms with van der Waals surface area (Å²) in [6.45, 7) is 1.08. The van der Waals surface area contributed by atoms with Gasteiger partial charge in [0, 0.05) is 16.8 Å². The van der Waals surface area contributed by atoms with E-state index >= 15 is 0 Å². The van der Waals surface area contributed by atoms with Crippen LogP contribution in [0, 0.1) is 5.92 Å². The fourth-order valence-electron chi connectivity index (χ4n) is 2.04. The maximum atomic E-state index is 11.8. The number of ether oxygens (including phenoxy) is 2. The van der Waals surface area contributed by atoms with Gasteiger partial charge in [-0.2, -0.15) is 0 Å². The standard InChI is InChI=1S/C13H15BrO3/c1-16-13-3-2-11(14)7-9(13)6-10-8-17-5-4-12(10)15/h2-3,7,10H,4-6,8H2,1H3. The molecule has 1 fully saturated rings. The zero-order chi connectivity index (χ0) is 12.3. The van der Waals surface area contributed by atoms with E-state index in [9.17, 15) is 4.79 Å². The molecule has 0 aromatic heterocycles. The number of hydrogen-bond acceptors (Lipinski definition) is 3. The molecule has 1 heterocycles. The van der Waals surface area contributed by atoms with E-state index in [-0.39, 0.29) is 5.92 Å². The minimum Gasteiger partial charge on any atom is -0.496 e. The Morgan fingerprint density at radius 2 is 2.35 bits per heavy atom. The molecule has 1 aliphatic heterocycles. The molecule has 17 heavy (non-hydrogen) atoms. The van der Waals surface area contributed by atoms with E-state index in [1.54, 1.807) is 7.11 Å². The first-order valence-corrected chi connectivity index (χ1v) is 6.43. The average Bonchev–Trinajstić information content (AvgIpc) is 2.32. The van der Waals surface area contributed by atoms with Crippen LogP contribution in [0.5, 0.6) is 5.75 Å². The van der Waals surface area contributed by atoms with E-state index < -0.39 is 0 Å². The van der Waals surface area contributed by atoms with Crippen LogP contribution in [0.15, 0.2) is 22.7 Å². The molecule has 0 bridgehead atoms. The quantitative estimate of drug-likeness (QED) is 0.860. The molecule has 1 aromatic rings. The van der Waals surface area contributed by atoms with E-state index in [1.165, 1.54) is 0 Å². The van der Waals surface area contributed by atoms with Crippen molar-refractivity contribution in [1.29, 1.82) is 0 Å². The molecule has 0 saturated carbocycles. The highest BCUT2D eigenvalue weighted by molar-refractivity contribution is 9.10. The van der Waals surface area contributed by atoms with Crippen molar-refractivity contribution in [1.82, 2.24) is 0 Å². The molecule has 0 N–H and O–H groups in total. The van der Waals surface area contributed by atoms with Crippen LogP contribution in [0.4, 0.5) is 0 Å². The first-order valence-electron chi connectivity index (χ1n) is 5.63. The number of carbonyl (C=O) groups excluding carboxylic acids is 1. The van der Waals surface area contributed by atoms with Crippen LogP contribution in [-0.2, 0) is 16.0 Å². The summed E-state index contributed by atoms with van der Waals surface area (Å²) in [5.41, 5.74) is 1.05. The molecule has 1 aromatic carbocycles. The van der Waals surface area contributed by atoms with Crippen molar-refractivity contribution in [2.45, 2.75) is 12.8 Å². The summed E-state index contributed by atoms with van der Waals surface area (Å²) in [5, 5.41) is 0. The van der Waals surface area contributed by atoms with E-state index in [1.807, 2.05) is 18.2 Å². The molecular weight excluding hydrogens is 284 g/mol. The lowest BCUT2D eigenvalue weighted by Crippen LogP contribution is -2.29. The van der Waals surface area contributed by atoms with Crippen LogP contribution in [-0.4, -0.2) is 26.1 Å². The van der Waals surface area contributed by atoms with Gasteiger partial charge in [0.2, 0.25) is 0 Å². The number of methoxy groups -OCH3 is 1. The van der Waals surface area contributed by atoms with Crippen molar-refractivity contribution in [2.75, 3.05) is 20.3 Å². The Balaban J connectivity index is 2.16. The Hall–Kier alpha value is -0.870. The SMILES string of the molecule is COc1ccc(Br)cc1CC1COCCC1=O. The lowest BCUT2D eigenvalue weighted by atomic mass is 9.92. The molecule has 4 heteroatoms. The first-order chi connectivity index (χ1) is 8.20. The third-order valence-electron chi connectivity index (χ3n) is 2.98. The number of ketones is 1. The minimum absolute atomic E-state index is 0.0352. The molecule has 1 atom stereocenters. The van der Waals surface area contributed by atoms with Crippen LogP contribution in [0.2, 0.25) is 0 Å². The summed E-state index contributed by atoms with van der Waals surface area (Å²) in [7, 11) is 1.64. The van der Waals surface area contributed by atoms with E-state index in [0.717, 1.165) is 15.8 Å². The largest absolute Gasteiger partial charge is 0.496 e. The zero-order valence-corrected chi connectivity index (χ0v) is 11.3. The van der Waals surface area contributed by atoms with Crippen molar-refractivity contribution >= 4 is 21.7 Å². The van der Waals surface area contributed by atoms with Gasteiger partial charge in [0.25, 0.3) is 0 Å². The van der Waals surface area contributed by atoms with E-state index in [2.05, 4.69) is 15.9 Å². The Kier molecular flexibility index (Phi) is 4.18. The van der Waals surface area contributed by atoms with Crippen molar-refractivity contribution in [3.63, 3.8) is 0 Å². The summed E-state index contributed by atoms with van der Waals surface area (Å²) in [5.74, 6) is 1.08. The smallest absolute Gasteiger partial charge is 0.140 e. The van der Waals surface area contributed by atoms with Gasteiger partial charge < -0.3 is 9.47 Å². The molecule has 3 nitrogen and oxygen atoms in total. The first kappa shape index (κ1) is 12.6. The maximum absolute atomic E-state index is 11.8. The van der Waals surface area contributed by atoms with E-state index in [0.29, 0.717) is 31.8 Å². The summed E-state index contributed by atoms with van der Waals surface area (Å²) in [4.78, 5) is 11.8. The van der Waals surface area contributed by atoms with Gasteiger partial charge in [0.1, 0.15) is 11.5 Å². The molecular formula is C13H15BrO3. The predicted molar refractivity (Wildman–Crippen MR) is 68.3 cm³/mol. The summed E-state index contributed by atoms with van der Waals surface area (Å²) < 4.78 is 11.7. The molecule has 2 rings (SSSR count). The van der Waals surface area contributed by atoms with Crippen LogP contribution in [0.1, 0.15) is 12.0 Å². The molecule has 0 radical (unpaired) electrons. The van der Waals surface area contributed by atoms with Crippen molar-refractivity contribution in [3.8, 4) is 5.75 Å². The fraction of sp³-hybridized carbons (Fsp3) is 0.462. The number of carbonyl (C=O) groups is 1. The lowest BCUT2D eigenvalue weighted by Gasteiger charge is -2.21. The third kappa shape index (κ3) is 3.07. The van der Waals surface area contributed by atoms with Gasteiger partial charge >= 0.3 is 0 Å². The highest BCUT2D eigenvalue weighted by Crippen LogP contribution is 2.27. The Morgan fingerprint density at radius 1 is 1.53 bits per heavy atom. The highest BCUT2D eigenvalue weighted by Gasteiger charge is 2.24. The number of Topliss-reactive ketones (excluding diaryl/α,β-unsaturated/α-hetero) is 1. The summed E-state index contributed by atoms with van der Waals surface area (Å²) in [6.07, 6.45) is 1.21. The maximum Gasteiger partial charge on any atom is 0.140 e. The number of hydrogen-bond donors (Lipinski definition) is 0. The van der Waals surface area contributed by atoms with Crippen molar-refractivity contribution < 1.29 is 14.3 Å². The topological polar surface area (TPSA) is 35.5 Å². The van der Waals surface area contributed by atoms with Gasteiger partial charge in [-0.1, -0.05) is 15.9 Å². The average molecular weight is 299 g/mol. The van der Waals surface area contributed by atoms with Gasteiger partial charge in [-0.15, -0.1) is 0 Å². The Labute approximate surface area is 109 Å². The van der Waals surface area contributed by atoms with Gasteiger partial charge in [-0.05, 0) is 30.2 Å². The molecule has 0 aliphatic carbocycles. The molecule has 1 aliphatic rings. The number of benzene rings is 1. The molecule has 92 valence electrons. The van der Waals surface area contributed by atoms with E-state index in [4.69, 9.17) is 9.47 Å². The summed E-state index contributed by atoms with van der Waals surface area (Å²) in [6, 6.07) is 5.84. The Bertz CT molecular complexity index is 417. The molecule has 1 unspecified atom stereocenters. The van der Waals surface area contributed by atoms with Gasteiger partial charge in [-0.3, -0.25) is 4.79 Å². The van der Waals surface area contributed by atoms with Crippen LogP contribution >= 0.6 is 15.9 Å². The minimum atomic E-state index is -0.0352. The second-order valence-electron chi connectivity index (χ2n) is 4.15. The van der Waals surface area contributed by atoms with Gasteiger partial charge in [-0.25, -0.2) is 0 Å². The van der Waals surface area contributed by atoms with Gasteiger partial charge in [0.15, 0.2) is 0 Å². The second kappa shape index (κ2) is 5.65. The molecule has 0 spiro atoms. The zero-order valence-electron chi connectivity index (χ0n) is 9.74. The van der Waals surface area contributed by atoms with Crippen molar-refractivity contribution in [3.05, 3.63) is 28.2 Å². The van der Waals surface area contributed by atoms with Crippen LogP contribution < -0.4 is 4.74 Å². The third-order valence-corrected chi connectivity index (χ3v) is 3.47.